The first-order valence-corrected chi connectivity index (χ1v) is 15.7. The van der Waals surface area contributed by atoms with Crippen LogP contribution in [-0.2, 0) is 22.7 Å². The van der Waals surface area contributed by atoms with Gasteiger partial charge in [0.15, 0.2) is 13.2 Å². The summed E-state index contributed by atoms with van der Waals surface area (Å²) in [6.07, 6.45) is 0. The molecule has 4 aromatic rings. The molecule has 0 aromatic heterocycles. The first-order valence-electron chi connectivity index (χ1n) is 14.9. The zero-order chi connectivity index (χ0) is 38.5. The monoisotopic (exact) mass is 756 g/mol. The molecule has 0 saturated heterocycles. The number of carbonyl (C=O) groups is 2. The zero-order valence-electron chi connectivity index (χ0n) is 27.4. The van der Waals surface area contributed by atoms with Gasteiger partial charge in [-0.25, -0.2) is 18.4 Å². The highest BCUT2D eigenvalue weighted by molar-refractivity contribution is 7.81. The Hall–Kier alpha value is -6.14. The Kier molecular flexibility index (Phi) is 14.5. The Morgan fingerprint density at radius 2 is 1.06 bits per heavy atom. The molecule has 4 N–H and O–H groups in total. The summed E-state index contributed by atoms with van der Waals surface area (Å²) in [4.78, 5) is 42.4. The van der Waals surface area contributed by atoms with Gasteiger partial charge in [0.1, 0.15) is 33.1 Å². The third-order valence-electron chi connectivity index (χ3n) is 6.86. The highest BCUT2D eigenvalue weighted by Crippen LogP contribution is 2.25. The van der Waals surface area contributed by atoms with Crippen LogP contribution in [0.2, 0.25) is 0 Å². The maximum atomic E-state index is 13.8. The number of halogens is 2. The molecule has 18 heteroatoms. The summed E-state index contributed by atoms with van der Waals surface area (Å²) in [5.41, 5.74) is 2.50. The molecule has 0 fully saturated rings. The van der Waals surface area contributed by atoms with E-state index in [1.54, 1.807) is 38.1 Å². The van der Waals surface area contributed by atoms with Crippen LogP contribution in [0.3, 0.4) is 0 Å². The lowest BCUT2D eigenvalue weighted by molar-refractivity contribution is -0.385. The van der Waals surface area contributed by atoms with Crippen LogP contribution in [0.1, 0.15) is 33.4 Å². The van der Waals surface area contributed by atoms with Gasteiger partial charge in [-0.2, -0.15) is 0 Å². The normalized spacial score (nSPS) is 10.2. The van der Waals surface area contributed by atoms with E-state index in [9.17, 15) is 38.6 Å². The lowest BCUT2D eigenvalue weighted by Crippen LogP contribution is -2.23. The molecule has 52 heavy (non-hydrogen) atoms. The van der Waals surface area contributed by atoms with Crippen LogP contribution in [0.25, 0.3) is 0 Å². The first kappa shape index (κ1) is 40.3. The van der Waals surface area contributed by atoms with Crippen molar-refractivity contribution in [1.82, 2.24) is 10.6 Å². The molecule has 0 unspecified atom stereocenters. The largest absolute Gasteiger partial charge is 0.481 e. The van der Waals surface area contributed by atoms with Crippen LogP contribution in [-0.4, -0.2) is 55.2 Å². The van der Waals surface area contributed by atoms with E-state index >= 15 is 0 Å². The lowest BCUT2D eigenvalue weighted by Gasteiger charge is -2.14. The van der Waals surface area contributed by atoms with E-state index in [-0.39, 0.29) is 45.9 Å². The second kappa shape index (κ2) is 18.7. The van der Waals surface area contributed by atoms with Crippen LogP contribution in [0.4, 0.5) is 20.2 Å². The number of hydrogen-bond acceptors (Lipinski definition) is 10. The van der Waals surface area contributed by atoms with Gasteiger partial charge in [-0.1, -0.05) is 48.7 Å². The van der Waals surface area contributed by atoms with Gasteiger partial charge >= 0.3 is 11.9 Å². The highest BCUT2D eigenvalue weighted by atomic mass is 32.1. The number of aliphatic carboxylic acids is 2. The molecule has 0 aliphatic carbocycles. The molecule has 14 nitrogen and oxygen atoms in total. The van der Waals surface area contributed by atoms with Crippen LogP contribution < -0.4 is 20.1 Å². The van der Waals surface area contributed by atoms with Crippen LogP contribution in [0.5, 0.6) is 11.5 Å². The Morgan fingerprint density at radius 3 is 1.38 bits per heavy atom. The number of carboxylic acid groups (broad SMARTS) is 2. The lowest BCUT2D eigenvalue weighted by atomic mass is 10.1. The van der Waals surface area contributed by atoms with E-state index < -0.39 is 46.6 Å². The molecule has 4 rings (SSSR count). The zero-order valence-corrected chi connectivity index (χ0v) is 29.0. The fraction of sp³-hybridized carbons (Fsp3) is 0.176. The number of thiocarbonyl (C=S) groups is 2. The fourth-order valence-electron chi connectivity index (χ4n) is 4.31. The average Bonchev–Trinajstić information content (AvgIpc) is 3.10. The van der Waals surface area contributed by atoms with E-state index in [0.717, 1.165) is 12.1 Å². The summed E-state index contributed by atoms with van der Waals surface area (Å²) < 4.78 is 37.7. The van der Waals surface area contributed by atoms with Gasteiger partial charge in [-0.3, -0.25) is 20.2 Å². The molecule has 0 heterocycles. The van der Waals surface area contributed by atoms with Crippen molar-refractivity contribution in [2.75, 3.05) is 13.2 Å². The maximum absolute atomic E-state index is 13.8. The summed E-state index contributed by atoms with van der Waals surface area (Å²) in [6.45, 7) is 2.22. The SMILES string of the molecule is Cc1cc(C(=S)NCc2cccc([N+](=O)[O-])c2)c(OCC(=O)O)cc1F.Cc1cc(C(=S)NCc2cccc([N+](=O)[O-])c2)c(OCC(=O)O)cc1F. The van der Waals surface area contributed by atoms with Crippen molar-refractivity contribution in [1.29, 1.82) is 0 Å². The number of carboxylic acids is 2. The van der Waals surface area contributed by atoms with Crippen molar-refractivity contribution in [3.63, 3.8) is 0 Å². The van der Waals surface area contributed by atoms with Crippen molar-refractivity contribution >= 4 is 57.7 Å². The number of nitro benzene ring substituents is 2. The molecule has 0 aliphatic rings. The minimum Gasteiger partial charge on any atom is -0.481 e. The molecule has 0 spiro atoms. The predicted molar refractivity (Wildman–Crippen MR) is 192 cm³/mol. The number of rotatable bonds is 14. The third kappa shape index (κ3) is 12.0. The molecule has 0 bridgehead atoms. The minimum absolute atomic E-state index is 0.00652. The van der Waals surface area contributed by atoms with Gasteiger partial charge in [0.25, 0.3) is 11.4 Å². The number of benzene rings is 4. The van der Waals surface area contributed by atoms with Gasteiger partial charge in [-0.05, 0) is 48.2 Å². The van der Waals surface area contributed by atoms with E-state index in [2.05, 4.69) is 10.6 Å². The van der Waals surface area contributed by atoms with Gasteiger partial charge in [0.2, 0.25) is 0 Å². The van der Waals surface area contributed by atoms with Gasteiger partial charge in [0.05, 0.1) is 21.0 Å². The number of ether oxygens (including phenoxy) is 2. The number of hydrogen-bond donors (Lipinski definition) is 4. The molecule has 0 atom stereocenters. The summed E-state index contributed by atoms with van der Waals surface area (Å²) in [6, 6.07) is 17.1. The standard InChI is InChI=1S/2C17H15FN2O5S/c2*1-10-5-13(15(7-14(10)18)25-9-16(21)22)17(26)19-8-11-3-2-4-12(6-11)20(23)24/h2*2-7H,8-9H2,1H3,(H,19,26)(H,21,22). The Bertz CT molecular complexity index is 1890. The number of nitrogens with zero attached hydrogens (tertiary/aromatic N) is 2. The quantitative estimate of drug-likeness (QED) is 0.0668. The molecule has 272 valence electrons. The minimum atomic E-state index is -1.20. The third-order valence-corrected chi connectivity index (χ3v) is 7.59. The van der Waals surface area contributed by atoms with Crippen LogP contribution in [0.15, 0.2) is 72.8 Å². The Labute approximate surface area is 305 Å². The van der Waals surface area contributed by atoms with E-state index in [4.69, 9.17) is 44.1 Å². The molecular formula is C34H30F2N4O10S2. The van der Waals surface area contributed by atoms with Gasteiger partial charge in [-0.15, -0.1) is 0 Å². The van der Waals surface area contributed by atoms with E-state index in [1.165, 1.54) is 36.4 Å². The molecular weight excluding hydrogens is 727 g/mol. The second-order valence-electron chi connectivity index (χ2n) is 10.8. The Balaban J connectivity index is 0.000000280. The summed E-state index contributed by atoms with van der Waals surface area (Å²) in [5, 5.41) is 44.9. The maximum Gasteiger partial charge on any atom is 0.341 e. The summed E-state index contributed by atoms with van der Waals surface area (Å²) in [5.74, 6) is -3.48. The van der Waals surface area contributed by atoms with Crippen molar-refractivity contribution in [3.8, 4) is 11.5 Å². The van der Waals surface area contributed by atoms with Crippen molar-refractivity contribution in [2.24, 2.45) is 0 Å². The molecule has 0 aliphatic heterocycles. The van der Waals surface area contributed by atoms with E-state index in [1.807, 2.05) is 0 Å². The fourth-order valence-corrected chi connectivity index (χ4v) is 4.78. The highest BCUT2D eigenvalue weighted by Gasteiger charge is 2.16. The van der Waals surface area contributed by atoms with Crippen LogP contribution in [0, 0.1) is 45.7 Å². The summed E-state index contributed by atoms with van der Waals surface area (Å²) in [7, 11) is 0. The number of nitrogens with one attached hydrogen (secondary N) is 2. The Morgan fingerprint density at radius 1 is 0.692 bits per heavy atom. The first-order chi connectivity index (χ1) is 24.5. The smallest absolute Gasteiger partial charge is 0.341 e. The number of nitro groups is 2. The predicted octanol–water partition coefficient (Wildman–Crippen LogP) is 5.94. The van der Waals surface area contributed by atoms with E-state index in [0.29, 0.717) is 33.4 Å². The number of non-ortho nitro benzene ring substituents is 2. The van der Waals surface area contributed by atoms with Crippen molar-refractivity contribution < 1.29 is 47.9 Å². The second-order valence-corrected chi connectivity index (χ2v) is 11.6. The summed E-state index contributed by atoms with van der Waals surface area (Å²) >= 11 is 10.6. The van der Waals surface area contributed by atoms with Gasteiger partial charge in [0, 0.05) is 49.5 Å². The van der Waals surface area contributed by atoms with Crippen LogP contribution >= 0.6 is 24.4 Å². The topological polar surface area (TPSA) is 203 Å². The molecule has 0 amide bonds. The molecule has 0 radical (unpaired) electrons. The molecule has 4 aromatic carbocycles. The average molecular weight is 757 g/mol. The van der Waals surface area contributed by atoms with Crippen molar-refractivity contribution in [2.45, 2.75) is 26.9 Å². The van der Waals surface area contributed by atoms with Gasteiger partial charge < -0.3 is 30.3 Å². The molecule has 0 saturated carbocycles. The number of aryl methyl sites for hydroxylation is 2. The van der Waals surface area contributed by atoms with Crippen molar-refractivity contribution in [3.05, 3.63) is 138 Å².